The Morgan fingerprint density at radius 3 is 2.59 bits per heavy atom. The van der Waals surface area contributed by atoms with Crippen LogP contribution in [0, 0.1) is 18.6 Å². The molecule has 2 aromatic heterocycles. The third-order valence-corrected chi connectivity index (χ3v) is 4.55. The van der Waals surface area contributed by atoms with Crippen LogP contribution in [0.15, 0.2) is 41.5 Å². The first-order valence-electron chi connectivity index (χ1n) is 8.54. The second-order valence-electron chi connectivity index (χ2n) is 6.33. The first-order valence-corrected chi connectivity index (χ1v) is 8.92. The third-order valence-electron chi connectivity index (χ3n) is 4.20. The SMILES string of the molecule is CC(=O)c1cnc(Cn2c(C)cc(OCc3ccc(F)cc3F)c(Cl)c2=O)cn1. The lowest BCUT2D eigenvalue weighted by atomic mass is 10.2. The molecule has 150 valence electrons. The highest BCUT2D eigenvalue weighted by atomic mass is 35.5. The summed E-state index contributed by atoms with van der Waals surface area (Å²) in [5.74, 6) is -1.56. The zero-order chi connectivity index (χ0) is 21.1. The summed E-state index contributed by atoms with van der Waals surface area (Å²) in [5.41, 5.74) is 0.848. The zero-order valence-corrected chi connectivity index (χ0v) is 16.3. The van der Waals surface area contributed by atoms with Crippen molar-refractivity contribution >= 4 is 17.4 Å². The molecule has 0 aliphatic carbocycles. The molecule has 0 saturated carbocycles. The van der Waals surface area contributed by atoms with Crippen molar-refractivity contribution in [2.75, 3.05) is 0 Å². The van der Waals surface area contributed by atoms with E-state index in [-0.39, 0.29) is 41.0 Å². The van der Waals surface area contributed by atoms with Gasteiger partial charge in [0.25, 0.3) is 5.56 Å². The molecule has 3 aromatic rings. The van der Waals surface area contributed by atoms with Gasteiger partial charge < -0.3 is 9.30 Å². The number of Topliss-reactive ketones (excluding diaryl/α,β-unsaturated/α-hetero) is 1. The summed E-state index contributed by atoms with van der Waals surface area (Å²) >= 11 is 6.14. The molecule has 0 N–H and O–H groups in total. The van der Waals surface area contributed by atoms with Crippen molar-refractivity contribution in [3.05, 3.63) is 86.3 Å². The lowest BCUT2D eigenvalue weighted by Gasteiger charge is -2.14. The summed E-state index contributed by atoms with van der Waals surface area (Å²) in [6, 6.07) is 4.67. The van der Waals surface area contributed by atoms with E-state index in [4.69, 9.17) is 16.3 Å². The van der Waals surface area contributed by atoms with E-state index in [2.05, 4.69) is 9.97 Å². The quantitative estimate of drug-likeness (QED) is 0.569. The normalized spacial score (nSPS) is 10.8. The Morgan fingerprint density at radius 2 is 1.97 bits per heavy atom. The van der Waals surface area contributed by atoms with Crippen LogP contribution in [0.3, 0.4) is 0 Å². The molecule has 0 saturated heterocycles. The number of aryl methyl sites for hydroxylation is 1. The smallest absolute Gasteiger partial charge is 0.273 e. The second kappa shape index (κ2) is 8.48. The molecule has 0 unspecified atom stereocenters. The summed E-state index contributed by atoms with van der Waals surface area (Å²) in [5, 5.41) is -0.175. The van der Waals surface area contributed by atoms with Crippen molar-refractivity contribution in [2.24, 2.45) is 0 Å². The van der Waals surface area contributed by atoms with Crippen LogP contribution in [0.1, 0.15) is 34.4 Å². The Bertz CT molecular complexity index is 1130. The summed E-state index contributed by atoms with van der Waals surface area (Å²) in [7, 11) is 0. The number of nitrogens with zero attached hydrogens (tertiary/aromatic N) is 3. The molecule has 0 atom stereocenters. The summed E-state index contributed by atoms with van der Waals surface area (Å²) in [6.07, 6.45) is 2.76. The number of hydrogen-bond acceptors (Lipinski definition) is 5. The van der Waals surface area contributed by atoms with Crippen molar-refractivity contribution < 1.29 is 18.3 Å². The number of hydrogen-bond donors (Lipinski definition) is 0. The van der Waals surface area contributed by atoms with Gasteiger partial charge in [0.1, 0.15) is 34.7 Å². The molecular formula is C20H16ClF2N3O3. The van der Waals surface area contributed by atoms with Crippen LogP contribution in [0.5, 0.6) is 5.75 Å². The molecule has 0 spiro atoms. The fourth-order valence-corrected chi connectivity index (χ4v) is 2.80. The number of carbonyl (C=O) groups is 1. The lowest BCUT2D eigenvalue weighted by Crippen LogP contribution is -2.24. The van der Waals surface area contributed by atoms with Crippen molar-refractivity contribution in [2.45, 2.75) is 27.0 Å². The highest BCUT2D eigenvalue weighted by Crippen LogP contribution is 2.24. The van der Waals surface area contributed by atoms with Gasteiger partial charge >= 0.3 is 0 Å². The van der Waals surface area contributed by atoms with Gasteiger partial charge in [0.05, 0.1) is 24.6 Å². The van der Waals surface area contributed by atoms with E-state index in [1.807, 2.05) is 0 Å². The average molecular weight is 420 g/mol. The lowest BCUT2D eigenvalue weighted by molar-refractivity contribution is 0.101. The number of ketones is 1. The highest BCUT2D eigenvalue weighted by molar-refractivity contribution is 6.31. The molecule has 0 aliphatic heterocycles. The van der Waals surface area contributed by atoms with E-state index in [0.717, 1.165) is 12.1 Å². The molecule has 9 heteroatoms. The topological polar surface area (TPSA) is 74.1 Å². The predicted molar refractivity (Wildman–Crippen MR) is 102 cm³/mol. The predicted octanol–water partition coefficient (Wildman–Crippen LogP) is 3.71. The maximum atomic E-state index is 13.7. The first kappa shape index (κ1) is 20.6. The number of halogens is 3. The van der Waals surface area contributed by atoms with Crippen LogP contribution in [-0.4, -0.2) is 20.3 Å². The minimum absolute atomic E-state index is 0.0900. The molecule has 0 aliphatic rings. The van der Waals surface area contributed by atoms with Crippen LogP contribution in [-0.2, 0) is 13.2 Å². The van der Waals surface area contributed by atoms with Crippen LogP contribution in [0.2, 0.25) is 5.02 Å². The molecule has 6 nitrogen and oxygen atoms in total. The van der Waals surface area contributed by atoms with Crippen molar-refractivity contribution in [3.63, 3.8) is 0 Å². The molecule has 2 heterocycles. The monoisotopic (exact) mass is 419 g/mol. The van der Waals surface area contributed by atoms with E-state index >= 15 is 0 Å². The maximum absolute atomic E-state index is 13.7. The van der Waals surface area contributed by atoms with Gasteiger partial charge in [0.15, 0.2) is 5.78 Å². The van der Waals surface area contributed by atoms with Crippen LogP contribution >= 0.6 is 11.6 Å². The number of aromatic nitrogens is 3. The first-order chi connectivity index (χ1) is 13.8. The summed E-state index contributed by atoms with van der Waals surface area (Å²) in [4.78, 5) is 32.1. The van der Waals surface area contributed by atoms with Gasteiger partial charge in [-0.05, 0) is 19.1 Å². The van der Waals surface area contributed by atoms with Crippen molar-refractivity contribution in [3.8, 4) is 5.75 Å². The third kappa shape index (κ3) is 4.65. The van der Waals surface area contributed by atoms with E-state index in [0.29, 0.717) is 11.4 Å². The molecule has 0 amide bonds. The van der Waals surface area contributed by atoms with E-state index in [9.17, 15) is 18.4 Å². The van der Waals surface area contributed by atoms with Gasteiger partial charge in [-0.2, -0.15) is 0 Å². The molecule has 0 fully saturated rings. The standard InChI is InChI=1S/C20H16ClF2N3O3/c1-11-5-18(29-10-13-3-4-14(22)6-16(13)23)19(21)20(28)26(11)9-15-7-25-17(8-24-15)12(2)27/h3-8H,9-10H2,1-2H3. The Morgan fingerprint density at radius 1 is 1.21 bits per heavy atom. The number of benzene rings is 1. The Kier molecular flexibility index (Phi) is 6.03. The van der Waals surface area contributed by atoms with Gasteiger partial charge in [-0.25, -0.2) is 13.8 Å². The van der Waals surface area contributed by atoms with E-state index in [1.54, 1.807) is 13.0 Å². The zero-order valence-electron chi connectivity index (χ0n) is 15.6. The van der Waals surface area contributed by atoms with Crippen molar-refractivity contribution in [1.29, 1.82) is 0 Å². The summed E-state index contributed by atoms with van der Waals surface area (Å²) < 4.78 is 33.6. The Balaban J connectivity index is 1.82. The number of carbonyl (C=O) groups excluding carboxylic acids is 1. The Hall–Kier alpha value is -3.13. The summed E-state index contributed by atoms with van der Waals surface area (Å²) in [6.45, 7) is 2.95. The van der Waals surface area contributed by atoms with Crippen molar-refractivity contribution in [1.82, 2.24) is 14.5 Å². The van der Waals surface area contributed by atoms with Gasteiger partial charge in [0.2, 0.25) is 0 Å². The number of pyridine rings is 1. The van der Waals surface area contributed by atoms with E-state index < -0.39 is 17.2 Å². The van der Waals surface area contributed by atoms with E-state index in [1.165, 1.54) is 30.0 Å². The minimum atomic E-state index is -0.751. The Labute approximate surface area is 169 Å². The highest BCUT2D eigenvalue weighted by Gasteiger charge is 2.15. The molecule has 0 radical (unpaired) electrons. The number of ether oxygens (including phenoxy) is 1. The molecule has 29 heavy (non-hydrogen) atoms. The fraction of sp³-hybridized carbons (Fsp3) is 0.200. The van der Waals surface area contributed by atoms with Gasteiger partial charge in [-0.1, -0.05) is 11.6 Å². The maximum Gasteiger partial charge on any atom is 0.273 e. The van der Waals surface area contributed by atoms with Gasteiger partial charge in [0, 0.05) is 30.3 Å². The number of rotatable bonds is 6. The molecule has 0 bridgehead atoms. The fourth-order valence-electron chi connectivity index (χ4n) is 2.59. The molecule has 1 aromatic carbocycles. The van der Waals surface area contributed by atoms with Crippen LogP contribution < -0.4 is 10.3 Å². The van der Waals surface area contributed by atoms with Gasteiger partial charge in [-0.15, -0.1) is 0 Å². The average Bonchev–Trinajstić information content (AvgIpc) is 2.68. The van der Waals surface area contributed by atoms with Crippen LogP contribution in [0.25, 0.3) is 0 Å². The molecule has 3 rings (SSSR count). The minimum Gasteiger partial charge on any atom is -0.487 e. The largest absolute Gasteiger partial charge is 0.487 e. The van der Waals surface area contributed by atoms with Gasteiger partial charge in [-0.3, -0.25) is 14.6 Å². The second-order valence-corrected chi connectivity index (χ2v) is 6.71. The van der Waals surface area contributed by atoms with Crippen LogP contribution in [0.4, 0.5) is 8.78 Å². The molecular weight excluding hydrogens is 404 g/mol.